The summed E-state index contributed by atoms with van der Waals surface area (Å²) in [6.45, 7) is 7.54. The molecule has 1 amide bonds. The quantitative estimate of drug-likeness (QED) is 0.792. The fourth-order valence-electron chi connectivity index (χ4n) is 1.79. The van der Waals surface area contributed by atoms with Crippen LogP contribution in [0.2, 0.25) is 0 Å². The Balaban J connectivity index is 2.94. The highest BCUT2D eigenvalue weighted by atomic mass is 16.2. The Hall–Kier alpha value is -1.51. The van der Waals surface area contributed by atoms with E-state index in [4.69, 9.17) is 5.73 Å². The van der Waals surface area contributed by atoms with Gasteiger partial charge in [0.05, 0.1) is 0 Å². The summed E-state index contributed by atoms with van der Waals surface area (Å²) in [7, 11) is 0. The third kappa shape index (κ3) is 2.99. The van der Waals surface area contributed by atoms with Crippen molar-refractivity contribution in [3.8, 4) is 0 Å². The first-order chi connectivity index (χ1) is 7.58. The van der Waals surface area contributed by atoms with Gasteiger partial charge in [-0.05, 0) is 44.0 Å². The molecule has 0 spiro atoms. The van der Waals surface area contributed by atoms with Crippen molar-refractivity contribution < 1.29 is 4.79 Å². The molecule has 3 nitrogen and oxygen atoms in total. The molecule has 0 aliphatic carbocycles. The van der Waals surface area contributed by atoms with Gasteiger partial charge in [-0.3, -0.25) is 4.79 Å². The van der Waals surface area contributed by atoms with Crippen LogP contribution in [0.3, 0.4) is 0 Å². The Labute approximate surface area is 97.2 Å². The molecule has 0 bridgehead atoms. The summed E-state index contributed by atoms with van der Waals surface area (Å²) < 4.78 is 0. The molecule has 0 saturated heterocycles. The highest BCUT2D eigenvalue weighted by molar-refractivity contribution is 5.95. The zero-order valence-corrected chi connectivity index (χ0v) is 10.3. The Morgan fingerprint density at radius 3 is 2.50 bits per heavy atom. The van der Waals surface area contributed by atoms with Crippen molar-refractivity contribution in [1.82, 2.24) is 4.90 Å². The minimum atomic E-state index is 0.0692. The van der Waals surface area contributed by atoms with Gasteiger partial charge in [0.1, 0.15) is 0 Å². The third-order valence-corrected chi connectivity index (χ3v) is 2.51. The number of carbonyl (C=O) groups excluding carboxylic acids is 1. The van der Waals surface area contributed by atoms with Gasteiger partial charge in [0.2, 0.25) is 0 Å². The summed E-state index contributed by atoms with van der Waals surface area (Å²) in [5.41, 5.74) is 8.10. The van der Waals surface area contributed by atoms with Crippen molar-refractivity contribution in [3.05, 3.63) is 29.3 Å². The van der Waals surface area contributed by atoms with Crippen LogP contribution in [-0.4, -0.2) is 23.9 Å². The maximum absolute atomic E-state index is 12.1. The fraction of sp³-hybridized carbons (Fsp3) is 0.462. The zero-order valence-electron chi connectivity index (χ0n) is 10.3. The average Bonchev–Trinajstić information content (AvgIpc) is 2.23. The van der Waals surface area contributed by atoms with Gasteiger partial charge in [-0.25, -0.2) is 0 Å². The predicted octanol–water partition coefficient (Wildman–Crippen LogP) is 2.45. The van der Waals surface area contributed by atoms with Gasteiger partial charge < -0.3 is 10.6 Å². The van der Waals surface area contributed by atoms with Crippen molar-refractivity contribution in [2.45, 2.75) is 27.2 Å². The van der Waals surface area contributed by atoms with Crippen molar-refractivity contribution in [1.29, 1.82) is 0 Å². The van der Waals surface area contributed by atoms with E-state index in [1.807, 2.05) is 30.9 Å². The number of nitrogen functional groups attached to an aromatic ring is 1. The SMILES string of the molecule is CCCN(CC)C(=O)c1cc(C)cc(N)c1. The molecule has 1 rings (SSSR count). The van der Waals surface area contributed by atoms with Crippen LogP contribution >= 0.6 is 0 Å². The number of nitrogens with two attached hydrogens (primary N) is 1. The first kappa shape index (κ1) is 12.6. The van der Waals surface area contributed by atoms with Gasteiger partial charge in [0, 0.05) is 24.3 Å². The van der Waals surface area contributed by atoms with Crippen LogP contribution in [0, 0.1) is 6.92 Å². The van der Waals surface area contributed by atoms with E-state index >= 15 is 0 Å². The van der Waals surface area contributed by atoms with Gasteiger partial charge in [-0.2, -0.15) is 0 Å². The van der Waals surface area contributed by atoms with Gasteiger partial charge in [-0.1, -0.05) is 6.92 Å². The van der Waals surface area contributed by atoms with Gasteiger partial charge in [-0.15, -0.1) is 0 Å². The van der Waals surface area contributed by atoms with E-state index in [0.29, 0.717) is 11.3 Å². The molecule has 0 saturated carbocycles. The summed E-state index contributed by atoms with van der Waals surface area (Å²) in [4.78, 5) is 14.0. The lowest BCUT2D eigenvalue weighted by Gasteiger charge is -2.20. The second-order valence-electron chi connectivity index (χ2n) is 4.02. The van der Waals surface area contributed by atoms with E-state index in [-0.39, 0.29) is 5.91 Å². The number of nitrogens with zero attached hydrogens (tertiary/aromatic N) is 1. The summed E-state index contributed by atoms with van der Waals surface area (Å²) in [6.07, 6.45) is 0.973. The molecule has 2 N–H and O–H groups in total. The van der Waals surface area contributed by atoms with E-state index in [2.05, 4.69) is 6.92 Å². The molecule has 1 aromatic rings. The Morgan fingerprint density at radius 2 is 2.00 bits per heavy atom. The molecule has 16 heavy (non-hydrogen) atoms. The second-order valence-corrected chi connectivity index (χ2v) is 4.02. The second kappa shape index (κ2) is 5.54. The molecule has 0 unspecified atom stereocenters. The summed E-state index contributed by atoms with van der Waals surface area (Å²) in [5, 5.41) is 0. The van der Waals surface area contributed by atoms with Crippen molar-refractivity contribution in [3.63, 3.8) is 0 Å². The monoisotopic (exact) mass is 220 g/mol. The molecular weight excluding hydrogens is 200 g/mol. The van der Waals surface area contributed by atoms with Crippen molar-refractivity contribution in [2.75, 3.05) is 18.8 Å². The number of aryl methyl sites for hydroxylation is 1. The van der Waals surface area contributed by atoms with Crippen LogP contribution in [-0.2, 0) is 0 Å². The topological polar surface area (TPSA) is 46.3 Å². The zero-order chi connectivity index (χ0) is 12.1. The first-order valence-corrected chi connectivity index (χ1v) is 5.75. The molecule has 88 valence electrons. The molecule has 0 aliphatic heterocycles. The molecule has 0 aromatic heterocycles. The number of amides is 1. The number of anilines is 1. The Kier molecular flexibility index (Phi) is 4.35. The minimum Gasteiger partial charge on any atom is -0.399 e. The highest BCUT2D eigenvalue weighted by Gasteiger charge is 2.13. The molecule has 3 heteroatoms. The Bertz CT molecular complexity index is 354. The summed E-state index contributed by atoms with van der Waals surface area (Å²) in [5.74, 6) is 0.0692. The number of benzene rings is 1. The number of carbonyl (C=O) groups is 1. The molecule has 0 atom stereocenters. The number of hydrogen-bond acceptors (Lipinski definition) is 2. The molecule has 0 fully saturated rings. The molecule has 0 heterocycles. The van der Waals surface area contributed by atoms with E-state index in [0.717, 1.165) is 25.1 Å². The van der Waals surface area contributed by atoms with E-state index in [1.54, 1.807) is 6.07 Å². The maximum Gasteiger partial charge on any atom is 0.253 e. The van der Waals surface area contributed by atoms with E-state index < -0.39 is 0 Å². The van der Waals surface area contributed by atoms with Gasteiger partial charge in [0.25, 0.3) is 5.91 Å². The Morgan fingerprint density at radius 1 is 1.31 bits per heavy atom. The fourth-order valence-corrected chi connectivity index (χ4v) is 1.79. The average molecular weight is 220 g/mol. The summed E-state index contributed by atoms with van der Waals surface area (Å²) >= 11 is 0. The van der Waals surface area contributed by atoms with E-state index in [9.17, 15) is 4.79 Å². The predicted molar refractivity (Wildman–Crippen MR) is 67.5 cm³/mol. The minimum absolute atomic E-state index is 0.0692. The molecular formula is C13H20N2O. The number of rotatable bonds is 4. The first-order valence-electron chi connectivity index (χ1n) is 5.75. The largest absolute Gasteiger partial charge is 0.399 e. The van der Waals surface area contributed by atoms with E-state index in [1.165, 1.54) is 0 Å². The normalized spacial score (nSPS) is 10.2. The lowest BCUT2D eigenvalue weighted by molar-refractivity contribution is 0.0764. The molecule has 0 aliphatic rings. The smallest absolute Gasteiger partial charge is 0.253 e. The van der Waals surface area contributed by atoms with Crippen molar-refractivity contribution >= 4 is 11.6 Å². The van der Waals surface area contributed by atoms with Crippen molar-refractivity contribution in [2.24, 2.45) is 0 Å². The van der Waals surface area contributed by atoms with Crippen LogP contribution in [0.5, 0.6) is 0 Å². The van der Waals surface area contributed by atoms with Crippen LogP contribution < -0.4 is 5.73 Å². The van der Waals surface area contributed by atoms with Gasteiger partial charge in [0.15, 0.2) is 0 Å². The third-order valence-electron chi connectivity index (χ3n) is 2.51. The lowest BCUT2D eigenvalue weighted by Crippen LogP contribution is -2.31. The molecule has 0 radical (unpaired) electrons. The summed E-state index contributed by atoms with van der Waals surface area (Å²) in [6, 6.07) is 5.50. The standard InChI is InChI=1S/C13H20N2O/c1-4-6-15(5-2)13(16)11-7-10(3)8-12(14)9-11/h7-9H,4-6,14H2,1-3H3. The maximum atomic E-state index is 12.1. The van der Waals surface area contributed by atoms with Crippen LogP contribution in [0.25, 0.3) is 0 Å². The van der Waals surface area contributed by atoms with Crippen LogP contribution in [0.4, 0.5) is 5.69 Å². The highest BCUT2D eigenvalue weighted by Crippen LogP contribution is 2.13. The molecule has 1 aromatic carbocycles. The van der Waals surface area contributed by atoms with Gasteiger partial charge >= 0.3 is 0 Å². The van der Waals surface area contributed by atoms with Crippen LogP contribution in [0.1, 0.15) is 36.2 Å². The lowest BCUT2D eigenvalue weighted by atomic mass is 10.1. The number of hydrogen-bond donors (Lipinski definition) is 1. The van der Waals surface area contributed by atoms with Crippen LogP contribution in [0.15, 0.2) is 18.2 Å².